The number of halogens is 3. The van der Waals surface area contributed by atoms with Crippen LogP contribution < -0.4 is 35.5 Å². The number of aromatic nitrogens is 3. The minimum Gasteiger partial charge on any atom is -0.485 e. The average Bonchev–Trinajstić information content (AvgIpc) is 0.810. The van der Waals surface area contributed by atoms with Gasteiger partial charge in [0, 0.05) is 129 Å². The van der Waals surface area contributed by atoms with Crippen molar-refractivity contribution in [3.8, 4) is 84.0 Å². The normalized spacial score (nSPS) is 26.2. The number of para-hydroxylation sites is 2. The van der Waals surface area contributed by atoms with E-state index in [9.17, 15) is 40.4 Å². The number of terminal acetylenes is 2. The predicted octanol–water partition coefficient (Wildman–Crippen LogP) is 30.8. The number of nitriles is 6. The quantitative estimate of drug-likeness (QED) is 0.0434. The van der Waals surface area contributed by atoms with Crippen molar-refractivity contribution in [2.45, 2.75) is 385 Å². The van der Waals surface area contributed by atoms with Gasteiger partial charge in [-0.2, -0.15) is 55.3 Å². The average molecular weight is 1980 g/mol. The lowest BCUT2D eigenvalue weighted by Gasteiger charge is -2.55. The molecule has 0 unspecified atom stereocenters. The Morgan fingerprint density at radius 1 is 0.354 bits per heavy atom. The molecule has 0 amide bonds. The van der Waals surface area contributed by atoms with Crippen molar-refractivity contribution in [3.05, 3.63) is 180 Å². The number of hydrogen-bond acceptors (Lipinski definition) is 17. The van der Waals surface area contributed by atoms with Crippen LogP contribution in [0.15, 0.2) is 164 Å². The number of ether oxygens (including phenoxy) is 3. The first-order valence-electron chi connectivity index (χ1n) is 53.0. The summed E-state index contributed by atoms with van der Waals surface area (Å²) < 4.78 is 41.3. The van der Waals surface area contributed by atoms with Crippen molar-refractivity contribution < 1.29 is 23.0 Å². The van der Waals surface area contributed by atoms with Gasteiger partial charge in [0.2, 0.25) is 0 Å². The molecule has 21 heteroatoms. The second-order valence-corrected chi connectivity index (χ2v) is 50.1. The summed E-state index contributed by atoms with van der Waals surface area (Å²) in [5.74, 6) is 6.97. The van der Waals surface area contributed by atoms with Crippen molar-refractivity contribution >= 4 is 34.4 Å². The van der Waals surface area contributed by atoms with Crippen LogP contribution >= 0.6 is 11.6 Å². The lowest BCUT2D eigenvalue weighted by Crippen LogP contribution is -2.66. The number of hydrogen-bond donors (Lipinski definition) is 4. The van der Waals surface area contributed by atoms with Gasteiger partial charge in [-0.3, -0.25) is 9.80 Å². The molecule has 6 saturated carbocycles. The van der Waals surface area contributed by atoms with E-state index in [1.54, 1.807) is 29.3 Å². The van der Waals surface area contributed by atoms with Gasteiger partial charge >= 0.3 is 6.61 Å². The maximum atomic E-state index is 12.3. The molecule has 8 aliphatic rings. The molecule has 18 nitrogen and oxygen atoms in total. The number of alkyl halides is 2. The van der Waals surface area contributed by atoms with E-state index in [0.29, 0.717) is 80.5 Å². The molecule has 774 valence electrons. The third kappa shape index (κ3) is 30.2. The Hall–Kier alpha value is -10.8. The second-order valence-electron chi connectivity index (χ2n) is 49.7. The van der Waals surface area contributed by atoms with Crippen LogP contribution in [0, 0.1) is 158 Å². The Bertz CT molecular complexity index is 5490. The molecule has 0 spiro atoms. The largest absolute Gasteiger partial charge is 0.485 e. The molecule has 2 saturated heterocycles. The van der Waals surface area contributed by atoms with Crippen molar-refractivity contribution in [3.63, 3.8) is 0 Å². The van der Waals surface area contributed by atoms with Gasteiger partial charge in [0.1, 0.15) is 28.5 Å². The van der Waals surface area contributed by atoms with E-state index in [-0.39, 0.29) is 81.9 Å². The first-order chi connectivity index (χ1) is 67.9. The summed E-state index contributed by atoms with van der Waals surface area (Å²) in [6, 6.07) is 66.5. The van der Waals surface area contributed by atoms with Crippen LogP contribution in [0.2, 0.25) is 5.02 Å². The van der Waals surface area contributed by atoms with E-state index < -0.39 is 6.61 Å². The molecular formula is C123H168ClF2N15O3. The van der Waals surface area contributed by atoms with Gasteiger partial charge in [-0.1, -0.05) is 178 Å². The molecule has 0 bridgehead atoms. The third-order valence-corrected chi connectivity index (χ3v) is 35.6. The number of rotatable bonds is 23. The summed E-state index contributed by atoms with van der Waals surface area (Å²) in [5.41, 5.74) is 8.86. The minimum atomic E-state index is -2.82. The van der Waals surface area contributed by atoms with Crippen LogP contribution in [0.3, 0.4) is 0 Å². The lowest BCUT2D eigenvalue weighted by atomic mass is 9.57. The van der Waals surface area contributed by atoms with E-state index in [2.05, 4.69) is 281 Å². The predicted molar refractivity (Wildman–Crippen MR) is 583 cm³/mol. The smallest absolute Gasteiger partial charge is 0.387 e. The van der Waals surface area contributed by atoms with Crippen LogP contribution in [0.25, 0.3) is 5.69 Å². The number of anilines is 4. The highest BCUT2D eigenvalue weighted by Crippen LogP contribution is 2.59. The molecule has 1 aromatic heterocycles. The van der Waals surface area contributed by atoms with Crippen LogP contribution in [-0.2, 0) is 0 Å². The van der Waals surface area contributed by atoms with Gasteiger partial charge < -0.3 is 35.5 Å². The van der Waals surface area contributed by atoms with Crippen LogP contribution in [0.1, 0.15) is 342 Å². The van der Waals surface area contributed by atoms with Gasteiger partial charge in [0.15, 0.2) is 0 Å². The highest BCUT2D eigenvalue weighted by atomic mass is 35.5. The monoisotopic (exact) mass is 1980 g/mol. The summed E-state index contributed by atoms with van der Waals surface area (Å²) >= 11 is 6.22. The van der Waals surface area contributed by atoms with E-state index in [1.807, 2.05) is 78.9 Å². The van der Waals surface area contributed by atoms with Gasteiger partial charge in [0.05, 0.1) is 65.2 Å². The highest BCUT2D eigenvalue weighted by molar-refractivity contribution is 6.33. The summed E-state index contributed by atoms with van der Waals surface area (Å²) in [4.78, 5) is 6.66. The Morgan fingerprint density at radius 2 is 0.611 bits per heavy atom. The zero-order valence-corrected chi connectivity index (χ0v) is 91.4. The molecule has 144 heavy (non-hydrogen) atoms. The van der Waals surface area contributed by atoms with E-state index >= 15 is 0 Å². The molecule has 6 aliphatic carbocycles. The zero-order valence-electron chi connectivity index (χ0n) is 90.6. The van der Waals surface area contributed by atoms with Crippen molar-refractivity contribution in [2.24, 2.45) is 65.0 Å². The number of nitrogens with one attached hydrogen (secondary N) is 4. The number of nitrogens with zero attached hydrogens (tertiary/aromatic N) is 11. The zero-order chi connectivity index (χ0) is 105. The Labute approximate surface area is 870 Å². The summed E-state index contributed by atoms with van der Waals surface area (Å²) in [6.07, 6.45) is 45.2. The molecule has 2 aliphatic heterocycles. The van der Waals surface area contributed by atoms with Crippen molar-refractivity contribution in [2.75, 3.05) is 47.4 Å². The first-order valence-corrected chi connectivity index (χ1v) is 53.4. The Morgan fingerprint density at radius 3 is 0.896 bits per heavy atom. The number of likely N-dealkylation sites (tertiary alicyclic amines) is 2. The molecular weight excluding hydrogens is 1810 g/mol. The molecule has 4 N–H and O–H groups in total. The van der Waals surface area contributed by atoms with Gasteiger partial charge in [-0.05, 0) is 354 Å². The molecule has 8 fully saturated rings. The van der Waals surface area contributed by atoms with Crippen LogP contribution in [0.4, 0.5) is 31.5 Å². The fourth-order valence-electron chi connectivity index (χ4n) is 24.3. The standard InChI is InChI=1S/C24H32N2O.C23H32F2N2O2.C20H27N5.C20H26N2.C18H25ClN2.C18H26N2/c1-6-19-7-9-21(10-8-19)27-23(5)17-26(18-23)20-11-13-24(14-12-20,15-16-25)22(2,3)4;1-21(2,3)23(13-14-26)11-9-17(10-12-23)27-15-22(4,16-27)29-19-7-5-18(6-8-19)28-20(24)25;1-19(2,3)20(12-13-21)10-8-17(9-11-20)24-16-4-6-18(7-5-16)25-22-14-15-23-25;1-5-16-6-8-17(9-7-16)22-18-10-12-20(13-11-18,14-15-21)19(2,3)4;1-17(2,3)18(12-13-20)10-8-14(9-11-18)21-16-7-5-4-6-15(16)19;1-17(2,3)18(13-14-19)11-9-16(10-12-18)20-15-7-5-4-6-8-15/h1,7-10,20H,11-15,17-18H2,2-5H3;5-8,17,20H,9-13,15-16H2,1-4H3;4-7,14-15,17,24H,8-12H2,1-3H3;1,6-9,18,22H,10-14H2,2-4H3;4-7,14,21H,8-12H2,1-3H3;4-8,16,20H,9-13H2,1-3H3. The van der Waals surface area contributed by atoms with Gasteiger partial charge in [-0.15, -0.1) is 12.8 Å². The molecule has 7 aromatic rings. The summed E-state index contributed by atoms with van der Waals surface area (Å²) in [5, 5.41) is 79.1. The molecule has 0 atom stereocenters. The molecule has 15 rings (SSSR count). The van der Waals surface area contributed by atoms with Crippen molar-refractivity contribution in [1.82, 2.24) is 24.8 Å². The maximum absolute atomic E-state index is 12.3. The second kappa shape index (κ2) is 49.6. The fourth-order valence-corrected chi connectivity index (χ4v) is 24.4. The SMILES string of the molecule is C#Cc1ccc(NC2CCC(CC#N)(C(C)(C)C)CC2)cc1.C#Cc1ccc(OC2(C)CN(C3CCC(CC#N)(C(C)(C)C)CC3)C2)cc1.CC(C)(C)C1(CC#N)CCC(Nc2ccc(-n3nccn3)cc2)CC1.CC(C)(C)C1(CC#N)CCC(Nc2ccccc2)CC1.CC(C)(C)C1(CC#N)CCC(Nc2ccccc2Cl)CC1.CC1(Oc2ccc(OC(F)F)cc2)CN(C2CCC(CC#N)(C(C)(C)C)CC2)C1. The Kier molecular flexibility index (Phi) is 39.6. The third-order valence-electron chi connectivity index (χ3n) is 35.3. The summed E-state index contributed by atoms with van der Waals surface area (Å²) in [6.45, 7) is 46.1. The minimum absolute atomic E-state index is 0.116. The van der Waals surface area contributed by atoms with E-state index in [4.69, 9.17) is 33.9 Å². The number of benzene rings is 6. The Balaban J connectivity index is 0.000000178. The van der Waals surface area contributed by atoms with Gasteiger partial charge in [0.25, 0.3) is 0 Å². The molecule has 0 radical (unpaired) electrons. The first kappa shape index (κ1) is 115. The van der Waals surface area contributed by atoms with Crippen LogP contribution in [0.5, 0.6) is 17.2 Å². The van der Waals surface area contributed by atoms with E-state index in [1.165, 1.54) is 30.7 Å². The fraction of sp³-hybridized carbons (Fsp3) is 0.610. The highest BCUT2D eigenvalue weighted by Gasteiger charge is 2.54. The maximum Gasteiger partial charge on any atom is 0.387 e. The van der Waals surface area contributed by atoms with Crippen LogP contribution in [-0.4, -0.2) is 105 Å². The lowest BCUT2D eigenvalue weighted by molar-refractivity contribution is -0.102. The molecule has 6 aromatic carbocycles. The topological polar surface area (TPSA) is 256 Å². The summed E-state index contributed by atoms with van der Waals surface area (Å²) in [7, 11) is 0. The van der Waals surface area contributed by atoms with Crippen molar-refractivity contribution in [1.29, 1.82) is 31.6 Å². The van der Waals surface area contributed by atoms with E-state index in [0.717, 1.165) is 212 Å². The van der Waals surface area contributed by atoms with Gasteiger partial charge in [-0.25, -0.2) is 0 Å². The molecule has 3 heterocycles.